The van der Waals surface area contributed by atoms with Gasteiger partial charge in [-0.05, 0) is 44.4 Å². The Morgan fingerprint density at radius 3 is 2.52 bits per heavy atom. The fraction of sp³-hybridized carbons (Fsp3) is 0.667. The Morgan fingerprint density at radius 2 is 1.88 bits per heavy atom. The fourth-order valence-corrected chi connectivity index (χ4v) is 3.80. The van der Waals surface area contributed by atoms with Crippen molar-refractivity contribution in [2.45, 2.75) is 69.7 Å². The van der Waals surface area contributed by atoms with Gasteiger partial charge in [0, 0.05) is 24.3 Å². The standard InChI is InChI=1S/C18H28N4O3/c1-10-2-3-12(7-16(10)24)21-15-8-17(20-9-14(15)18(19)25)22-11-4-5-13(23)6-11/h8-13,16,23-24H,2-7H2,1H3,(H2,19,25)(H2,20,21,22)/t10-,11?,12-,13?,16-/m1/s1. The maximum atomic E-state index is 11.7. The maximum Gasteiger partial charge on any atom is 0.252 e. The molecule has 2 aliphatic rings. The number of pyridine rings is 1. The van der Waals surface area contributed by atoms with E-state index >= 15 is 0 Å². The molecule has 0 saturated heterocycles. The van der Waals surface area contributed by atoms with Crippen molar-refractivity contribution in [2.24, 2.45) is 11.7 Å². The Hall–Kier alpha value is -1.86. The highest BCUT2D eigenvalue weighted by Gasteiger charge is 2.27. The largest absolute Gasteiger partial charge is 0.393 e. The van der Waals surface area contributed by atoms with Crippen LogP contribution in [0.25, 0.3) is 0 Å². The van der Waals surface area contributed by atoms with E-state index in [1.54, 1.807) is 6.07 Å². The number of nitrogens with zero attached hydrogens (tertiary/aromatic N) is 1. The lowest BCUT2D eigenvalue weighted by atomic mass is 9.84. The number of aliphatic hydroxyl groups excluding tert-OH is 2. The van der Waals surface area contributed by atoms with Crippen molar-refractivity contribution in [1.29, 1.82) is 0 Å². The van der Waals surface area contributed by atoms with Crippen molar-refractivity contribution in [3.63, 3.8) is 0 Å². The van der Waals surface area contributed by atoms with Crippen LogP contribution < -0.4 is 16.4 Å². The minimum Gasteiger partial charge on any atom is -0.393 e. The predicted octanol–water partition coefficient (Wildman–Crippen LogP) is 1.47. The molecule has 1 aromatic heterocycles. The van der Waals surface area contributed by atoms with E-state index in [0.29, 0.717) is 35.8 Å². The van der Waals surface area contributed by atoms with E-state index in [0.717, 1.165) is 25.7 Å². The van der Waals surface area contributed by atoms with E-state index in [9.17, 15) is 15.0 Å². The lowest BCUT2D eigenvalue weighted by Crippen LogP contribution is -2.35. The number of rotatable bonds is 5. The summed E-state index contributed by atoms with van der Waals surface area (Å²) in [6.07, 6.45) is 5.83. The van der Waals surface area contributed by atoms with E-state index in [-0.39, 0.29) is 24.3 Å². The first-order valence-corrected chi connectivity index (χ1v) is 9.11. The molecule has 0 aromatic carbocycles. The highest BCUT2D eigenvalue weighted by Crippen LogP contribution is 2.29. The van der Waals surface area contributed by atoms with Gasteiger partial charge in [0.05, 0.1) is 23.5 Å². The topological polar surface area (TPSA) is 121 Å². The summed E-state index contributed by atoms with van der Waals surface area (Å²) in [5.74, 6) is 0.441. The molecule has 138 valence electrons. The quantitative estimate of drug-likeness (QED) is 0.549. The summed E-state index contributed by atoms with van der Waals surface area (Å²) in [7, 11) is 0. The normalized spacial score (nSPS) is 32.4. The molecule has 0 bridgehead atoms. The van der Waals surface area contributed by atoms with Crippen LogP contribution in [0.1, 0.15) is 55.8 Å². The van der Waals surface area contributed by atoms with Gasteiger partial charge in [0.25, 0.3) is 5.91 Å². The summed E-state index contributed by atoms with van der Waals surface area (Å²) >= 11 is 0. The molecule has 2 saturated carbocycles. The van der Waals surface area contributed by atoms with Gasteiger partial charge < -0.3 is 26.6 Å². The second-order valence-electron chi connectivity index (χ2n) is 7.49. The van der Waals surface area contributed by atoms with Gasteiger partial charge in [0.1, 0.15) is 5.82 Å². The van der Waals surface area contributed by atoms with Crippen LogP contribution in [0.5, 0.6) is 0 Å². The second-order valence-corrected chi connectivity index (χ2v) is 7.49. The van der Waals surface area contributed by atoms with Crippen molar-refractivity contribution in [1.82, 2.24) is 4.98 Å². The van der Waals surface area contributed by atoms with E-state index < -0.39 is 5.91 Å². The number of nitrogens with two attached hydrogens (primary N) is 1. The SMILES string of the molecule is C[C@@H]1CC[C@@H](Nc2cc(NC3CCC(O)C3)ncc2C(N)=O)C[C@H]1O. The lowest BCUT2D eigenvalue weighted by molar-refractivity contribution is 0.0740. The Labute approximate surface area is 148 Å². The van der Waals surface area contributed by atoms with Crippen LogP contribution in [0.3, 0.4) is 0 Å². The molecule has 2 unspecified atom stereocenters. The minimum atomic E-state index is -0.525. The molecule has 1 heterocycles. The molecule has 7 nitrogen and oxygen atoms in total. The summed E-state index contributed by atoms with van der Waals surface area (Å²) < 4.78 is 0. The molecule has 1 amide bonds. The Bertz CT molecular complexity index is 624. The molecule has 0 aliphatic heterocycles. The zero-order valence-corrected chi connectivity index (χ0v) is 14.6. The molecule has 0 spiro atoms. The number of carbonyl (C=O) groups excluding carboxylic acids is 1. The van der Waals surface area contributed by atoms with Crippen LogP contribution in [0.4, 0.5) is 11.5 Å². The first kappa shape index (κ1) is 17.9. The number of hydrogen-bond donors (Lipinski definition) is 5. The monoisotopic (exact) mass is 348 g/mol. The highest BCUT2D eigenvalue weighted by molar-refractivity contribution is 5.98. The molecular formula is C18H28N4O3. The van der Waals surface area contributed by atoms with Gasteiger partial charge in [-0.2, -0.15) is 0 Å². The van der Waals surface area contributed by atoms with Crippen molar-refractivity contribution in [3.8, 4) is 0 Å². The first-order valence-electron chi connectivity index (χ1n) is 9.11. The van der Waals surface area contributed by atoms with Crippen molar-refractivity contribution in [2.75, 3.05) is 10.6 Å². The Kier molecular flexibility index (Phi) is 5.44. The highest BCUT2D eigenvalue weighted by atomic mass is 16.3. The number of anilines is 2. The zero-order chi connectivity index (χ0) is 18.0. The van der Waals surface area contributed by atoms with Crippen LogP contribution >= 0.6 is 0 Å². The summed E-state index contributed by atoms with van der Waals surface area (Å²) in [5, 5.41) is 26.4. The van der Waals surface area contributed by atoms with Gasteiger partial charge in [-0.1, -0.05) is 6.92 Å². The second kappa shape index (κ2) is 7.58. The summed E-state index contributed by atoms with van der Waals surface area (Å²) in [6, 6.07) is 2.09. The molecule has 2 aliphatic carbocycles. The third-order valence-electron chi connectivity index (χ3n) is 5.44. The Morgan fingerprint density at radius 1 is 1.16 bits per heavy atom. The number of primary amides is 1. The molecule has 7 heteroatoms. The van der Waals surface area contributed by atoms with Crippen molar-refractivity contribution in [3.05, 3.63) is 17.8 Å². The molecular weight excluding hydrogens is 320 g/mol. The number of carbonyl (C=O) groups is 1. The molecule has 6 N–H and O–H groups in total. The van der Waals surface area contributed by atoms with Crippen LogP contribution in [-0.2, 0) is 0 Å². The average molecular weight is 348 g/mol. The smallest absolute Gasteiger partial charge is 0.252 e. The molecule has 0 radical (unpaired) electrons. The average Bonchev–Trinajstić information content (AvgIpc) is 2.96. The van der Waals surface area contributed by atoms with Gasteiger partial charge in [0.15, 0.2) is 0 Å². The number of aliphatic hydroxyl groups is 2. The van der Waals surface area contributed by atoms with E-state index in [1.165, 1.54) is 6.20 Å². The summed E-state index contributed by atoms with van der Waals surface area (Å²) in [6.45, 7) is 2.06. The third-order valence-corrected chi connectivity index (χ3v) is 5.44. The van der Waals surface area contributed by atoms with Gasteiger partial charge in [-0.15, -0.1) is 0 Å². The number of amides is 1. The van der Waals surface area contributed by atoms with Crippen molar-refractivity contribution < 1.29 is 15.0 Å². The maximum absolute atomic E-state index is 11.7. The lowest BCUT2D eigenvalue weighted by Gasteiger charge is -2.32. The van der Waals surface area contributed by atoms with Gasteiger partial charge in [0.2, 0.25) is 0 Å². The molecule has 3 rings (SSSR count). The zero-order valence-electron chi connectivity index (χ0n) is 14.6. The molecule has 5 atom stereocenters. The molecule has 1 aromatic rings. The van der Waals surface area contributed by atoms with Crippen LogP contribution in [0.15, 0.2) is 12.3 Å². The van der Waals surface area contributed by atoms with Crippen molar-refractivity contribution >= 4 is 17.4 Å². The van der Waals surface area contributed by atoms with E-state index in [2.05, 4.69) is 22.5 Å². The first-order chi connectivity index (χ1) is 11.9. The summed E-state index contributed by atoms with van der Waals surface area (Å²) in [4.78, 5) is 16.0. The number of hydrogen-bond acceptors (Lipinski definition) is 6. The van der Waals surface area contributed by atoms with Gasteiger partial charge in [-0.25, -0.2) is 4.98 Å². The minimum absolute atomic E-state index is 0.104. The van der Waals surface area contributed by atoms with Crippen LogP contribution in [0, 0.1) is 5.92 Å². The van der Waals surface area contributed by atoms with E-state index in [4.69, 9.17) is 5.73 Å². The number of aromatic nitrogens is 1. The van der Waals surface area contributed by atoms with Gasteiger partial charge >= 0.3 is 0 Å². The van der Waals surface area contributed by atoms with E-state index in [1.807, 2.05) is 0 Å². The predicted molar refractivity (Wildman–Crippen MR) is 96.5 cm³/mol. The molecule has 25 heavy (non-hydrogen) atoms. The van der Waals surface area contributed by atoms with Crippen LogP contribution in [-0.4, -0.2) is 45.4 Å². The van der Waals surface area contributed by atoms with Crippen LogP contribution in [0.2, 0.25) is 0 Å². The summed E-state index contributed by atoms with van der Waals surface area (Å²) in [5.41, 5.74) is 6.48. The molecule has 2 fully saturated rings. The van der Waals surface area contributed by atoms with Gasteiger partial charge in [-0.3, -0.25) is 4.79 Å². The third kappa shape index (κ3) is 4.41. The Balaban J connectivity index is 1.73. The number of nitrogens with one attached hydrogen (secondary N) is 2. The fourth-order valence-electron chi connectivity index (χ4n) is 3.80.